The number of nitrogens with zero attached hydrogens (tertiary/aromatic N) is 1. The molecule has 1 unspecified atom stereocenters. The van der Waals surface area contributed by atoms with E-state index in [1.165, 1.54) is 0 Å². The Bertz CT molecular complexity index is 626. The fourth-order valence-electron chi connectivity index (χ4n) is 2.85. The van der Waals surface area contributed by atoms with E-state index in [9.17, 15) is 9.00 Å². The summed E-state index contributed by atoms with van der Waals surface area (Å²) >= 11 is 0. The summed E-state index contributed by atoms with van der Waals surface area (Å²) in [5, 5.41) is 6.21. The van der Waals surface area contributed by atoms with Gasteiger partial charge in [-0.2, -0.15) is 0 Å². The smallest absolute Gasteiger partial charge is 0.220 e. The first-order chi connectivity index (χ1) is 12.2. The van der Waals surface area contributed by atoms with Crippen molar-refractivity contribution in [2.45, 2.75) is 11.3 Å². The number of nitrogens with one attached hydrogen (secondary N) is 2. The third-order valence-electron chi connectivity index (χ3n) is 4.25. The molecule has 2 aliphatic rings. The van der Waals surface area contributed by atoms with Crippen molar-refractivity contribution in [3.63, 3.8) is 0 Å². The Hall–Kier alpha value is -1.35. The Morgan fingerprint density at radius 1 is 1.19 bits per heavy atom. The minimum Gasteiger partial charge on any atom is -0.486 e. The van der Waals surface area contributed by atoms with Crippen molar-refractivity contribution in [1.82, 2.24) is 15.5 Å². The Kier molecular flexibility index (Phi) is 8.64. The van der Waals surface area contributed by atoms with Crippen molar-refractivity contribution in [2.24, 2.45) is 0 Å². The number of fused-ring (bicyclic) bond motifs is 1. The molecule has 1 atom stereocenters. The normalized spacial score (nSPS) is 17.8. The number of carbonyl (C=O) groups is 1. The first-order valence-electron chi connectivity index (χ1n) is 8.70. The van der Waals surface area contributed by atoms with Crippen LogP contribution in [0.1, 0.15) is 6.42 Å². The molecule has 146 valence electrons. The van der Waals surface area contributed by atoms with Gasteiger partial charge in [0.05, 0.1) is 10.8 Å². The highest BCUT2D eigenvalue weighted by Gasteiger charge is 2.15. The van der Waals surface area contributed by atoms with Gasteiger partial charge in [0.1, 0.15) is 13.2 Å². The summed E-state index contributed by atoms with van der Waals surface area (Å²) in [6.45, 7) is 6.56. The van der Waals surface area contributed by atoms with Crippen molar-refractivity contribution in [2.75, 3.05) is 58.2 Å². The number of amides is 1. The SMILES string of the molecule is Cl.O=C(CCS(=O)c1ccc2c(c1)OCCO2)NCCN1CCNCC1. The van der Waals surface area contributed by atoms with Crippen LogP contribution in [0, 0.1) is 0 Å². The van der Waals surface area contributed by atoms with Gasteiger partial charge < -0.3 is 20.1 Å². The predicted molar refractivity (Wildman–Crippen MR) is 103 cm³/mol. The van der Waals surface area contributed by atoms with Crippen molar-refractivity contribution in [3.8, 4) is 11.5 Å². The molecule has 7 nitrogen and oxygen atoms in total. The van der Waals surface area contributed by atoms with Crippen LogP contribution in [0.2, 0.25) is 0 Å². The van der Waals surface area contributed by atoms with E-state index in [1.54, 1.807) is 18.2 Å². The number of ether oxygens (including phenoxy) is 2. The second-order valence-corrected chi connectivity index (χ2v) is 7.62. The minimum absolute atomic E-state index is 0. The van der Waals surface area contributed by atoms with Crippen molar-refractivity contribution >= 4 is 29.1 Å². The first-order valence-corrected chi connectivity index (χ1v) is 10.0. The van der Waals surface area contributed by atoms with Crippen LogP contribution >= 0.6 is 12.4 Å². The van der Waals surface area contributed by atoms with E-state index in [2.05, 4.69) is 15.5 Å². The molecule has 0 aliphatic carbocycles. The summed E-state index contributed by atoms with van der Waals surface area (Å²) < 4.78 is 23.3. The van der Waals surface area contributed by atoms with Crippen LogP contribution in [0.3, 0.4) is 0 Å². The highest BCUT2D eigenvalue weighted by molar-refractivity contribution is 7.85. The van der Waals surface area contributed by atoms with Gasteiger partial charge >= 0.3 is 0 Å². The van der Waals surface area contributed by atoms with Crippen LogP contribution in [0.15, 0.2) is 23.1 Å². The molecule has 3 rings (SSSR count). The van der Waals surface area contributed by atoms with Gasteiger partial charge in [0.25, 0.3) is 0 Å². The van der Waals surface area contributed by atoms with Crippen molar-refractivity contribution in [1.29, 1.82) is 0 Å². The van der Waals surface area contributed by atoms with Crippen molar-refractivity contribution < 1.29 is 18.5 Å². The molecule has 0 spiro atoms. The van der Waals surface area contributed by atoms with Crippen LogP contribution in [-0.2, 0) is 15.6 Å². The number of hydrogen-bond acceptors (Lipinski definition) is 6. The molecular weight excluding hydrogens is 378 g/mol. The molecule has 1 aromatic rings. The summed E-state index contributed by atoms with van der Waals surface area (Å²) in [4.78, 5) is 14.9. The van der Waals surface area contributed by atoms with E-state index < -0.39 is 10.8 Å². The maximum absolute atomic E-state index is 12.4. The highest BCUT2D eigenvalue weighted by Crippen LogP contribution is 2.31. The lowest BCUT2D eigenvalue weighted by molar-refractivity contribution is -0.120. The summed E-state index contributed by atoms with van der Waals surface area (Å²) in [6.07, 6.45) is 0.253. The third-order valence-corrected chi connectivity index (χ3v) is 5.61. The van der Waals surface area contributed by atoms with E-state index in [0.717, 1.165) is 32.7 Å². The fraction of sp³-hybridized carbons (Fsp3) is 0.588. The molecule has 9 heteroatoms. The molecule has 1 aromatic carbocycles. The van der Waals surface area contributed by atoms with Gasteiger partial charge in [-0.3, -0.25) is 13.9 Å². The fourth-order valence-corrected chi connectivity index (χ4v) is 3.91. The summed E-state index contributed by atoms with van der Waals surface area (Å²) in [5.74, 6) is 1.55. The molecule has 2 N–H and O–H groups in total. The largest absolute Gasteiger partial charge is 0.486 e. The van der Waals surface area contributed by atoms with E-state index in [0.29, 0.717) is 41.9 Å². The zero-order valence-corrected chi connectivity index (χ0v) is 16.3. The Morgan fingerprint density at radius 2 is 1.92 bits per heavy atom. The number of piperazine rings is 1. The van der Waals surface area contributed by atoms with Gasteiger partial charge in [0.15, 0.2) is 11.5 Å². The maximum atomic E-state index is 12.4. The average Bonchev–Trinajstić information content (AvgIpc) is 2.66. The number of hydrogen-bond donors (Lipinski definition) is 2. The summed E-state index contributed by atoms with van der Waals surface area (Å²) in [6, 6.07) is 5.29. The van der Waals surface area contributed by atoms with E-state index in [4.69, 9.17) is 9.47 Å². The topological polar surface area (TPSA) is 79.9 Å². The highest BCUT2D eigenvalue weighted by atomic mass is 35.5. The second-order valence-electron chi connectivity index (χ2n) is 6.05. The minimum atomic E-state index is -1.23. The van der Waals surface area contributed by atoms with Gasteiger partial charge in [0, 0.05) is 62.4 Å². The standard InChI is InChI=1S/C17H25N3O4S.ClH/c21-17(19-6-9-20-7-4-18-5-8-20)3-12-25(22)14-1-2-15-16(13-14)24-11-10-23-15;/h1-2,13,18H,3-12H2,(H,19,21);1H. The molecule has 1 fully saturated rings. The average molecular weight is 404 g/mol. The molecule has 2 heterocycles. The van der Waals surface area contributed by atoms with Crippen LogP contribution in [0.25, 0.3) is 0 Å². The Labute approximate surface area is 162 Å². The second kappa shape index (κ2) is 10.7. The van der Waals surface area contributed by atoms with Crippen molar-refractivity contribution in [3.05, 3.63) is 18.2 Å². The molecule has 2 aliphatic heterocycles. The zero-order chi connectivity index (χ0) is 17.5. The predicted octanol–water partition coefficient (Wildman–Crippen LogP) is 0.399. The first kappa shape index (κ1) is 21.0. The monoisotopic (exact) mass is 403 g/mol. The quantitative estimate of drug-likeness (QED) is 0.686. The molecule has 0 aromatic heterocycles. The van der Waals surface area contributed by atoms with Gasteiger partial charge in [-0.1, -0.05) is 0 Å². The lowest BCUT2D eigenvalue weighted by Gasteiger charge is -2.27. The van der Waals surface area contributed by atoms with E-state index in [1.807, 2.05) is 0 Å². The Balaban J connectivity index is 0.00000243. The van der Waals surface area contributed by atoms with E-state index in [-0.39, 0.29) is 24.7 Å². The number of carbonyl (C=O) groups excluding carboxylic acids is 1. The molecule has 0 saturated carbocycles. The lowest BCUT2D eigenvalue weighted by Crippen LogP contribution is -2.46. The lowest BCUT2D eigenvalue weighted by atomic mass is 10.3. The maximum Gasteiger partial charge on any atom is 0.220 e. The zero-order valence-electron chi connectivity index (χ0n) is 14.7. The third kappa shape index (κ3) is 6.12. The van der Waals surface area contributed by atoms with Gasteiger partial charge in [-0.25, -0.2) is 0 Å². The van der Waals surface area contributed by atoms with Crippen LogP contribution in [0.5, 0.6) is 11.5 Å². The molecule has 0 bridgehead atoms. The molecule has 0 radical (unpaired) electrons. The van der Waals surface area contributed by atoms with Gasteiger partial charge in [-0.05, 0) is 12.1 Å². The summed E-state index contributed by atoms with van der Waals surface area (Å²) in [5.41, 5.74) is 0. The Morgan fingerprint density at radius 3 is 2.69 bits per heavy atom. The number of benzene rings is 1. The van der Waals surface area contributed by atoms with Gasteiger partial charge in [0.2, 0.25) is 5.91 Å². The molecular formula is C17H26ClN3O4S. The number of halogens is 1. The summed E-state index contributed by atoms with van der Waals surface area (Å²) in [7, 11) is -1.23. The van der Waals surface area contributed by atoms with E-state index >= 15 is 0 Å². The van der Waals surface area contributed by atoms with Gasteiger partial charge in [-0.15, -0.1) is 12.4 Å². The van der Waals surface area contributed by atoms with Crippen LogP contribution < -0.4 is 20.1 Å². The molecule has 26 heavy (non-hydrogen) atoms. The van der Waals surface area contributed by atoms with Crippen LogP contribution in [0.4, 0.5) is 0 Å². The number of rotatable bonds is 7. The van der Waals surface area contributed by atoms with Crippen LogP contribution in [-0.4, -0.2) is 73.3 Å². The molecule has 1 saturated heterocycles. The molecule has 1 amide bonds.